The van der Waals surface area contributed by atoms with E-state index in [0.29, 0.717) is 70.3 Å². The van der Waals surface area contributed by atoms with E-state index in [0.717, 1.165) is 35.3 Å². The maximum absolute atomic E-state index is 14.7. The molecule has 0 radical (unpaired) electrons. The summed E-state index contributed by atoms with van der Waals surface area (Å²) in [6.07, 6.45) is 3.29. The van der Waals surface area contributed by atoms with Crippen molar-refractivity contribution < 1.29 is 36.9 Å². The van der Waals surface area contributed by atoms with Gasteiger partial charge in [-0.05, 0) is 94.8 Å². The van der Waals surface area contributed by atoms with Gasteiger partial charge in [0.05, 0.1) is 48.1 Å². The SMILES string of the molecule is CCO[C@H](C)COCc1ccc([C@H]2C[C@H](CC(C)(C)N=C=O)NC[C@@H]2OC(c2ccc3c(c2)N(CCCOC)CCO3)S(=O)(=O)c2ccc(C)cc2)cc1. The summed E-state index contributed by atoms with van der Waals surface area (Å²) in [4.78, 5) is 17.7. The van der Waals surface area contributed by atoms with Crippen molar-refractivity contribution in [1.29, 1.82) is 0 Å². The van der Waals surface area contributed by atoms with Crippen molar-refractivity contribution in [3.63, 3.8) is 0 Å². The molecule has 2 heterocycles. The van der Waals surface area contributed by atoms with E-state index in [1.54, 1.807) is 25.3 Å². The van der Waals surface area contributed by atoms with Crippen molar-refractivity contribution in [1.82, 2.24) is 5.32 Å². The van der Waals surface area contributed by atoms with Gasteiger partial charge in [-0.3, -0.25) is 0 Å². The fourth-order valence-electron chi connectivity index (χ4n) is 7.33. The minimum Gasteiger partial charge on any atom is -0.490 e. The van der Waals surface area contributed by atoms with Crippen LogP contribution < -0.4 is 15.0 Å². The van der Waals surface area contributed by atoms with Gasteiger partial charge in [0.2, 0.25) is 15.9 Å². The minimum atomic E-state index is -4.03. The summed E-state index contributed by atoms with van der Waals surface area (Å²) in [5.74, 6) is 0.549. The third-order valence-corrected chi connectivity index (χ3v) is 12.0. The van der Waals surface area contributed by atoms with Gasteiger partial charge in [-0.25, -0.2) is 13.2 Å². The van der Waals surface area contributed by atoms with Gasteiger partial charge in [-0.1, -0.05) is 48.0 Å². The number of aliphatic imine (C=N–C) groups is 1. The lowest BCUT2D eigenvalue weighted by molar-refractivity contribution is -0.00819. The Hall–Kier alpha value is -3.61. The number of isocyanates is 1. The molecule has 1 fully saturated rings. The number of methoxy groups -OCH3 is 1. The molecule has 0 amide bonds. The summed E-state index contributed by atoms with van der Waals surface area (Å²) < 4.78 is 59.2. The number of ether oxygens (including phenoxy) is 5. The smallest absolute Gasteiger partial charge is 0.235 e. The number of piperidine rings is 1. The number of sulfone groups is 1. The third-order valence-electron chi connectivity index (χ3n) is 10.1. The Bertz CT molecular complexity index is 1790. The van der Waals surface area contributed by atoms with Crippen molar-refractivity contribution in [3.8, 4) is 5.75 Å². The van der Waals surface area contributed by atoms with Crippen LogP contribution in [0.15, 0.2) is 76.6 Å². The van der Waals surface area contributed by atoms with Crippen molar-refractivity contribution in [2.24, 2.45) is 4.99 Å². The molecule has 1 saturated heterocycles. The summed E-state index contributed by atoms with van der Waals surface area (Å²) in [6.45, 7) is 14.3. The fraction of sp³-hybridized carbons (Fsp3) is 0.548. The molecule has 5 rings (SSSR count). The highest BCUT2D eigenvalue weighted by atomic mass is 32.2. The average Bonchev–Trinajstić information content (AvgIpc) is 3.14. The second-order valence-corrected chi connectivity index (χ2v) is 17.0. The number of hydrogen-bond donors (Lipinski definition) is 1. The highest BCUT2D eigenvalue weighted by Gasteiger charge is 2.40. The molecule has 0 aromatic heterocycles. The monoisotopic (exact) mass is 763 g/mol. The Morgan fingerprint density at radius 1 is 1.09 bits per heavy atom. The number of hydrogen-bond acceptors (Lipinski definition) is 11. The molecule has 12 heteroatoms. The second-order valence-electron chi connectivity index (χ2n) is 15.0. The van der Waals surface area contributed by atoms with Crippen molar-refractivity contribution in [2.45, 2.75) is 101 Å². The Morgan fingerprint density at radius 2 is 1.85 bits per heavy atom. The first-order chi connectivity index (χ1) is 25.9. The molecule has 1 unspecified atom stereocenters. The summed E-state index contributed by atoms with van der Waals surface area (Å²) in [5, 5.41) is 3.60. The van der Waals surface area contributed by atoms with Crippen molar-refractivity contribution in [3.05, 3.63) is 89.0 Å². The first-order valence-corrected chi connectivity index (χ1v) is 20.6. The lowest BCUT2D eigenvalue weighted by atomic mass is 9.80. The highest BCUT2D eigenvalue weighted by molar-refractivity contribution is 7.91. The van der Waals surface area contributed by atoms with Gasteiger partial charge in [0.15, 0.2) is 5.44 Å². The first kappa shape index (κ1) is 41.6. The molecule has 1 N–H and O–H groups in total. The van der Waals surface area contributed by atoms with Gasteiger partial charge in [-0.2, -0.15) is 4.99 Å². The largest absolute Gasteiger partial charge is 0.490 e. The van der Waals surface area contributed by atoms with Gasteiger partial charge in [0.1, 0.15) is 12.4 Å². The quantitative estimate of drug-likeness (QED) is 0.0804. The molecular weight excluding hydrogens is 707 g/mol. The number of rotatable bonds is 19. The van der Waals surface area contributed by atoms with E-state index in [1.807, 2.05) is 65.0 Å². The van der Waals surface area contributed by atoms with Crippen LogP contribution in [0.1, 0.15) is 80.6 Å². The number of benzene rings is 3. The molecule has 3 aromatic carbocycles. The van der Waals surface area contributed by atoms with Crippen LogP contribution in [0.5, 0.6) is 5.75 Å². The lowest BCUT2D eigenvalue weighted by Gasteiger charge is -2.40. The lowest BCUT2D eigenvalue weighted by Crippen LogP contribution is -2.49. The Labute approximate surface area is 321 Å². The predicted octanol–water partition coefficient (Wildman–Crippen LogP) is 6.68. The number of anilines is 1. The van der Waals surface area contributed by atoms with Crippen molar-refractivity contribution >= 4 is 21.6 Å². The predicted molar refractivity (Wildman–Crippen MR) is 210 cm³/mol. The number of carbonyl (C=O) groups excluding carboxylic acids is 1. The zero-order valence-electron chi connectivity index (χ0n) is 32.6. The third kappa shape index (κ3) is 11.0. The van der Waals surface area contributed by atoms with E-state index in [-0.39, 0.29) is 23.0 Å². The summed E-state index contributed by atoms with van der Waals surface area (Å²) in [6, 6.07) is 20.8. The standard InChI is InChI=1S/C42H57N3O8S/c1-7-51-31(3)27-50-28-32-11-13-33(14-12-32)37-24-35(25-42(4,5)44-29-46)43-26-40(37)53-41(54(47,48)36-16-9-30(2)10-17-36)34-15-18-39-38(23-34)45(20-22-52-39)19-8-21-49-6/h9-18,23,31,35,37,40-41,43H,7-8,19-22,24-28H2,1-6H3/t31-,35-,37-,40+,41?/m1/s1. The van der Waals surface area contributed by atoms with E-state index in [2.05, 4.69) is 39.5 Å². The van der Waals surface area contributed by atoms with Gasteiger partial charge >= 0.3 is 0 Å². The minimum absolute atomic E-state index is 0.00118. The second kappa shape index (κ2) is 19.3. The fourth-order valence-corrected chi connectivity index (χ4v) is 8.89. The van der Waals surface area contributed by atoms with E-state index in [9.17, 15) is 13.2 Å². The van der Waals surface area contributed by atoms with Crippen LogP contribution in [-0.2, 0) is 40.2 Å². The van der Waals surface area contributed by atoms with Crippen molar-refractivity contribution in [2.75, 3.05) is 58.1 Å². The van der Waals surface area contributed by atoms with E-state index < -0.39 is 26.9 Å². The normalized spacial score (nSPS) is 20.0. The molecule has 0 saturated carbocycles. The topological polar surface area (TPSA) is 125 Å². The Morgan fingerprint density at radius 3 is 2.56 bits per heavy atom. The first-order valence-electron chi connectivity index (χ1n) is 19.0. The van der Waals surface area contributed by atoms with Crippen LogP contribution in [0.25, 0.3) is 0 Å². The molecule has 0 bridgehead atoms. The van der Waals surface area contributed by atoms with Crippen LogP contribution in [0.3, 0.4) is 0 Å². The molecule has 2 aliphatic rings. The van der Waals surface area contributed by atoms with Crippen LogP contribution in [0.2, 0.25) is 0 Å². The maximum atomic E-state index is 14.7. The number of fused-ring (bicyclic) bond motifs is 1. The van der Waals surface area contributed by atoms with Gasteiger partial charge in [0, 0.05) is 45.4 Å². The molecule has 294 valence electrons. The average molecular weight is 764 g/mol. The molecule has 3 aromatic rings. The van der Waals surface area contributed by atoms with Crippen LogP contribution in [0.4, 0.5) is 5.69 Å². The molecule has 5 atom stereocenters. The highest BCUT2D eigenvalue weighted by Crippen LogP contribution is 2.42. The number of nitrogens with zero attached hydrogens (tertiary/aromatic N) is 2. The summed E-state index contributed by atoms with van der Waals surface area (Å²) >= 11 is 0. The Balaban J connectivity index is 1.49. The molecule has 0 aliphatic carbocycles. The van der Waals surface area contributed by atoms with Gasteiger partial charge < -0.3 is 33.9 Å². The van der Waals surface area contributed by atoms with E-state index in [4.69, 9.17) is 23.7 Å². The summed E-state index contributed by atoms with van der Waals surface area (Å²) in [7, 11) is -2.34. The van der Waals surface area contributed by atoms with Gasteiger partial charge in [0.25, 0.3) is 0 Å². The molecule has 11 nitrogen and oxygen atoms in total. The van der Waals surface area contributed by atoms with Crippen LogP contribution >= 0.6 is 0 Å². The molecule has 2 aliphatic heterocycles. The van der Waals surface area contributed by atoms with Crippen LogP contribution in [-0.4, -0.2) is 91.5 Å². The van der Waals surface area contributed by atoms with E-state index >= 15 is 0 Å². The molecule has 0 spiro atoms. The van der Waals surface area contributed by atoms with E-state index in [1.165, 1.54) is 0 Å². The maximum Gasteiger partial charge on any atom is 0.235 e. The number of aryl methyl sites for hydroxylation is 1. The zero-order chi connectivity index (χ0) is 38.7. The zero-order valence-corrected chi connectivity index (χ0v) is 33.4. The number of nitrogens with one attached hydrogen (secondary N) is 1. The Kier molecular flexibility index (Phi) is 14.9. The molecular formula is C42H57N3O8S. The van der Waals surface area contributed by atoms with Crippen LogP contribution in [0, 0.1) is 6.92 Å². The van der Waals surface area contributed by atoms with Gasteiger partial charge in [-0.15, -0.1) is 0 Å². The molecule has 54 heavy (non-hydrogen) atoms. The summed E-state index contributed by atoms with van der Waals surface area (Å²) in [5.41, 5.74) is 2.48.